The van der Waals surface area contributed by atoms with E-state index in [0.29, 0.717) is 0 Å². The molecular weight excluding hydrogens is 287 g/mol. The molecule has 0 aliphatic heterocycles. The number of hydrogen-bond acceptors (Lipinski definition) is 2. The summed E-state index contributed by atoms with van der Waals surface area (Å²) in [5, 5.41) is 0. The molecule has 0 saturated carbocycles. The molecule has 0 fully saturated rings. The molecule has 14 heavy (non-hydrogen) atoms. The lowest BCUT2D eigenvalue weighted by atomic mass is 10.2. The summed E-state index contributed by atoms with van der Waals surface area (Å²) in [5.74, 6) is 0.795. The van der Waals surface area contributed by atoms with E-state index in [-0.39, 0.29) is 0 Å². The van der Waals surface area contributed by atoms with Crippen LogP contribution in [0.3, 0.4) is 0 Å². The van der Waals surface area contributed by atoms with Gasteiger partial charge in [-0.1, -0.05) is 30.3 Å². The molecule has 70 valence electrons. The molecule has 0 spiro atoms. The van der Waals surface area contributed by atoms with E-state index in [4.69, 9.17) is 0 Å². The van der Waals surface area contributed by atoms with Gasteiger partial charge in [0.15, 0.2) is 5.82 Å². The van der Waals surface area contributed by atoms with E-state index >= 15 is 0 Å². The van der Waals surface area contributed by atoms with Gasteiger partial charge in [-0.2, -0.15) is 0 Å². The molecule has 0 N–H and O–H groups in total. The van der Waals surface area contributed by atoms with Gasteiger partial charge in [0, 0.05) is 11.8 Å². The maximum Gasteiger partial charge on any atom is 0.159 e. The number of aromatic nitrogens is 2. The zero-order valence-electron chi connectivity index (χ0n) is 7.74. The van der Waals surface area contributed by atoms with Crippen molar-refractivity contribution in [3.05, 3.63) is 45.8 Å². The summed E-state index contributed by atoms with van der Waals surface area (Å²) in [5.41, 5.74) is 2.09. The number of hydrogen-bond donors (Lipinski definition) is 0. The Morgan fingerprint density at radius 3 is 2.50 bits per heavy atom. The molecule has 1 aromatic carbocycles. The van der Waals surface area contributed by atoms with E-state index in [1.807, 2.05) is 43.5 Å². The van der Waals surface area contributed by atoms with Crippen LogP contribution in [0.1, 0.15) is 5.69 Å². The fourth-order valence-corrected chi connectivity index (χ4v) is 1.44. The molecule has 1 heterocycles. The third-order valence-corrected chi connectivity index (χ3v) is 3.01. The molecule has 2 rings (SSSR count). The Bertz CT molecular complexity index is 440. The molecule has 0 saturated heterocycles. The monoisotopic (exact) mass is 296 g/mol. The van der Waals surface area contributed by atoms with E-state index in [1.165, 1.54) is 0 Å². The van der Waals surface area contributed by atoms with Gasteiger partial charge in [-0.3, -0.25) is 0 Å². The third kappa shape index (κ3) is 1.92. The fourth-order valence-electron chi connectivity index (χ4n) is 1.18. The SMILES string of the molecule is Cc1nc(-c2ccccc2)ncc1I. The molecular formula is C11H9IN2. The van der Waals surface area contributed by atoms with E-state index in [9.17, 15) is 0 Å². The van der Waals surface area contributed by atoms with Crippen molar-refractivity contribution in [2.45, 2.75) is 6.92 Å². The minimum absolute atomic E-state index is 0.795. The number of halogens is 1. The van der Waals surface area contributed by atoms with Gasteiger partial charge in [0.1, 0.15) is 0 Å². The zero-order valence-corrected chi connectivity index (χ0v) is 9.89. The van der Waals surface area contributed by atoms with E-state index in [2.05, 4.69) is 32.6 Å². The van der Waals surface area contributed by atoms with Crippen LogP contribution in [0, 0.1) is 10.5 Å². The van der Waals surface area contributed by atoms with Crippen LogP contribution in [0.2, 0.25) is 0 Å². The third-order valence-electron chi connectivity index (χ3n) is 1.95. The quantitative estimate of drug-likeness (QED) is 0.756. The number of benzene rings is 1. The van der Waals surface area contributed by atoms with Crippen LogP contribution in [0.4, 0.5) is 0 Å². The summed E-state index contributed by atoms with van der Waals surface area (Å²) in [6.07, 6.45) is 1.85. The highest BCUT2D eigenvalue weighted by molar-refractivity contribution is 14.1. The summed E-state index contributed by atoms with van der Waals surface area (Å²) >= 11 is 2.24. The molecule has 3 heteroatoms. The second-order valence-corrected chi connectivity index (χ2v) is 4.16. The van der Waals surface area contributed by atoms with Crippen LogP contribution in [0.25, 0.3) is 11.4 Å². The maximum atomic E-state index is 4.42. The van der Waals surface area contributed by atoms with Gasteiger partial charge in [0.2, 0.25) is 0 Å². The molecule has 0 aliphatic rings. The first kappa shape index (κ1) is 9.58. The van der Waals surface area contributed by atoms with Gasteiger partial charge in [0.05, 0.1) is 9.26 Å². The van der Waals surface area contributed by atoms with Crippen LogP contribution in [0.15, 0.2) is 36.5 Å². The highest BCUT2D eigenvalue weighted by Gasteiger charge is 2.02. The molecule has 0 unspecified atom stereocenters. The zero-order chi connectivity index (χ0) is 9.97. The van der Waals surface area contributed by atoms with Gasteiger partial charge >= 0.3 is 0 Å². The molecule has 2 aromatic rings. The predicted octanol–water partition coefficient (Wildman–Crippen LogP) is 3.06. The van der Waals surface area contributed by atoms with Crippen LogP contribution in [0.5, 0.6) is 0 Å². The van der Waals surface area contributed by atoms with Crippen molar-refractivity contribution in [3.63, 3.8) is 0 Å². The largest absolute Gasteiger partial charge is 0.235 e. The van der Waals surface area contributed by atoms with E-state index in [1.54, 1.807) is 0 Å². The van der Waals surface area contributed by atoms with Crippen LogP contribution >= 0.6 is 22.6 Å². The van der Waals surface area contributed by atoms with Crippen LogP contribution in [-0.2, 0) is 0 Å². The topological polar surface area (TPSA) is 25.8 Å². The molecule has 0 atom stereocenters. The second kappa shape index (κ2) is 4.04. The van der Waals surface area contributed by atoms with Crippen molar-refractivity contribution in [2.24, 2.45) is 0 Å². The molecule has 0 aliphatic carbocycles. The highest BCUT2D eigenvalue weighted by Crippen LogP contribution is 2.16. The van der Waals surface area contributed by atoms with Crippen molar-refractivity contribution >= 4 is 22.6 Å². The predicted molar refractivity (Wildman–Crippen MR) is 64.9 cm³/mol. The molecule has 1 aromatic heterocycles. The lowest BCUT2D eigenvalue weighted by Crippen LogP contribution is -1.93. The maximum absolute atomic E-state index is 4.42. The summed E-state index contributed by atoms with van der Waals surface area (Å²) in [4.78, 5) is 8.72. The Morgan fingerprint density at radius 1 is 1.14 bits per heavy atom. The summed E-state index contributed by atoms with van der Waals surface area (Å²) in [6, 6.07) is 10.0. The van der Waals surface area contributed by atoms with Crippen molar-refractivity contribution in [3.8, 4) is 11.4 Å². The van der Waals surface area contributed by atoms with E-state index in [0.717, 1.165) is 20.7 Å². The molecule has 0 amide bonds. The average Bonchev–Trinajstić information content (AvgIpc) is 2.23. The summed E-state index contributed by atoms with van der Waals surface area (Å²) < 4.78 is 1.10. The minimum atomic E-state index is 0.795. The first-order valence-electron chi connectivity index (χ1n) is 4.32. The second-order valence-electron chi connectivity index (χ2n) is 2.99. The van der Waals surface area contributed by atoms with Gasteiger partial charge in [-0.25, -0.2) is 9.97 Å². The first-order valence-corrected chi connectivity index (χ1v) is 5.40. The normalized spacial score (nSPS) is 10.1. The van der Waals surface area contributed by atoms with Crippen molar-refractivity contribution in [1.82, 2.24) is 9.97 Å². The fraction of sp³-hybridized carbons (Fsp3) is 0.0909. The van der Waals surface area contributed by atoms with Crippen LogP contribution in [-0.4, -0.2) is 9.97 Å². The van der Waals surface area contributed by atoms with Crippen LogP contribution < -0.4 is 0 Å². The Hall–Kier alpha value is -0.970. The summed E-state index contributed by atoms with van der Waals surface area (Å²) in [7, 11) is 0. The van der Waals surface area contributed by atoms with Gasteiger partial charge in [-0.05, 0) is 29.5 Å². The Balaban J connectivity index is 2.48. The van der Waals surface area contributed by atoms with Crippen molar-refractivity contribution < 1.29 is 0 Å². The minimum Gasteiger partial charge on any atom is -0.235 e. The Labute approximate surface area is 96.6 Å². The lowest BCUT2D eigenvalue weighted by Gasteiger charge is -2.01. The molecule has 0 radical (unpaired) electrons. The van der Waals surface area contributed by atoms with Gasteiger partial charge in [0.25, 0.3) is 0 Å². The van der Waals surface area contributed by atoms with Crippen molar-refractivity contribution in [1.29, 1.82) is 0 Å². The Morgan fingerprint density at radius 2 is 1.86 bits per heavy atom. The lowest BCUT2D eigenvalue weighted by molar-refractivity contribution is 1.09. The number of aryl methyl sites for hydroxylation is 1. The molecule has 0 bridgehead atoms. The van der Waals surface area contributed by atoms with Gasteiger partial charge < -0.3 is 0 Å². The average molecular weight is 296 g/mol. The summed E-state index contributed by atoms with van der Waals surface area (Å²) in [6.45, 7) is 2.00. The smallest absolute Gasteiger partial charge is 0.159 e. The first-order chi connectivity index (χ1) is 6.77. The van der Waals surface area contributed by atoms with E-state index < -0.39 is 0 Å². The van der Waals surface area contributed by atoms with Gasteiger partial charge in [-0.15, -0.1) is 0 Å². The Kier molecular flexibility index (Phi) is 2.77. The highest BCUT2D eigenvalue weighted by atomic mass is 127. The number of nitrogens with zero attached hydrogens (tertiary/aromatic N) is 2. The standard InChI is InChI=1S/C11H9IN2/c1-8-10(12)7-13-11(14-8)9-5-3-2-4-6-9/h2-7H,1H3. The number of rotatable bonds is 1. The van der Waals surface area contributed by atoms with Crippen molar-refractivity contribution in [2.75, 3.05) is 0 Å². The molecule has 2 nitrogen and oxygen atoms in total.